The lowest BCUT2D eigenvalue weighted by Crippen LogP contribution is -2.50. The molecule has 1 aromatic carbocycles. The Bertz CT molecular complexity index is 703. The van der Waals surface area contributed by atoms with Crippen LogP contribution in [0.4, 0.5) is 0 Å². The average molecular weight is 280 g/mol. The van der Waals surface area contributed by atoms with Crippen LogP contribution in [0.15, 0.2) is 18.3 Å². The van der Waals surface area contributed by atoms with E-state index in [0.29, 0.717) is 6.04 Å². The number of hydrogen-bond acceptors (Lipinski definition) is 3. The van der Waals surface area contributed by atoms with Crippen molar-refractivity contribution < 1.29 is 0 Å². The predicted molar refractivity (Wildman–Crippen MR) is 83.3 cm³/mol. The van der Waals surface area contributed by atoms with Crippen molar-refractivity contribution in [2.45, 2.75) is 25.3 Å². The van der Waals surface area contributed by atoms with E-state index in [0.717, 1.165) is 55.5 Å². The minimum atomic E-state index is 0.631. The highest BCUT2D eigenvalue weighted by molar-refractivity contribution is 5.90. The van der Waals surface area contributed by atoms with E-state index in [9.17, 15) is 5.26 Å². The minimum Gasteiger partial charge on any atom is -0.360 e. The number of H-pyrrole nitrogens is 1. The summed E-state index contributed by atoms with van der Waals surface area (Å²) in [6.45, 7) is 4.49. The molecule has 2 aromatic rings. The van der Waals surface area contributed by atoms with Crippen LogP contribution in [0.2, 0.25) is 0 Å². The van der Waals surface area contributed by atoms with Gasteiger partial charge in [0.25, 0.3) is 0 Å². The van der Waals surface area contributed by atoms with Crippen molar-refractivity contribution in [3.8, 4) is 6.07 Å². The Labute approximate surface area is 124 Å². The highest BCUT2D eigenvalue weighted by Gasteiger charge is 2.27. The van der Waals surface area contributed by atoms with E-state index in [2.05, 4.69) is 33.4 Å². The summed E-state index contributed by atoms with van der Waals surface area (Å²) < 4.78 is 0. The van der Waals surface area contributed by atoms with Gasteiger partial charge in [-0.1, -0.05) is 6.07 Å². The number of piperazine rings is 1. The molecule has 21 heavy (non-hydrogen) atoms. The summed E-state index contributed by atoms with van der Waals surface area (Å²) in [6, 6.07) is 7.34. The van der Waals surface area contributed by atoms with Gasteiger partial charge in [-0.15, -0.1) is 0 Å². The molecule has 4 heteroatoms. The molecular formula is C17H20N4. The van der Waals surface area contributed by atoms with Gasteiger partial charge in [0.1, 0.15) is 6.07 Å². The summed E-state index contributed by atoms with van der Waals surface area (Å²) in [6.07, 6.45) is 5.30. The quantitative estimate of drug-likeness (QED) is 0.837. The maximum absolute atomic E-state index is 9.35. The van der Waals surface area contributed by atoms with Gasteiger partial charge >= 0.3 is 0 Å². The molecule has 2 aliphatic rings. The molecule has 1 aliphatic heterocycles. The molecule has 1 aliphatic carbocycles. The van der Waals surface area contributed by atoms with Gasteiger partial charge in [-0.2, -0.15) is 5.26 Å². The summed E-state index contributed by atoms with van der Waals surface area (Å²) in [5, 5.41) is 13.9. The van der Waals surface area contributed by atoms with Gasteiger partial charge in [0.2, 0.25) is 0 Å². The summed E-state index contributed by atoms with van der Waals surface area (Å²) in [5.41, 5.74) is 4.74. The first kappa shape index (κ1) is 12.9. The molecule has 0 spiro atoms. The third-order valence-electron chi connectivity index (χ3n) is 5.03. The van der Waals surface area contributed by atoms with E-state index in [1.54, 1.807) is 0 Å². The van der Waals surface area contributed by atoms with E-state index in [-0.39, 0.29) is 0 Å². The lowest BCUT2D eigenvalue weighted by atomic mass is 9.84. The Morgan fingerprint density at radius 3 is 2.90 bits per heavy atom. The van der Waals surface area contributed by atoms with Crippen molar-refractivity contribution in [2.75, 3.05) is 26.2 Å². The number of nitrogens with one attached hydrogen (secondary N) is 2. The number of aryl methyl sites for hydroxylation is 1. The van der Waals surface area contributed by atoms with Crippen LogP contribution in [0.5, 0.6) is 0 Å². The summed E-state index contributed by atoms with van der Waals surface area (Å²) in [7, 11) is 0. The van der Waals surface area contributed by atoms with Gasteiger partial charge < -0.3 is 10.3 Å². The molecule has 108 valence electrons. The maximum atomic E-state index is 9.35. The normalized spacial score (nSPS) is 22.9. The highest BCUT2D eigenvalue weighted by atomic mass is 15.2. The van der Waals surface area contributed by atoms with Crippen LogP contribution in [0.1, 0.15) is 23.1 Å². The van der Waals surface area contributed by atoms with E-state index < -0.39 is 0 Å². The average Bonchev–Trinajstić information content (AvgIpc) is 2.99. The number of aromatic nitrogens is 1. The summed E-state index contributed by atoms with van der Waals surface area (Å²) >= 11 is 0. The van der Waals surface area contributed by atoms with Crippen LogP contribution in [0, 0.1) is 11.3 Å². The van der Waals surface area contributed by atoms with Crippen LogP contribution >= 0.6 is 0 Å². The van der Waals surface area contributed by atoms with Crippen LogP contribution in [-0.4, -0.2) is 42.1 Å². The lowest BCUT2D eigenvalue weighted by molar-refractivity contribution is 0.159. The molecule has 0 radical (unpaired) electrons. The first-order valence-electron chi connectivity index (χ1n) is 7.83. The fourth-order valence-electron chi connectivity index (χ4n) is 3.92. The Balaban J connectivity index is 1.73. The molecule has 0 bridgehead atoms. The Morgan fingerprint density at radius 2 is 2.10 bits per heavy atom. The molecule has 1 fully saturated rings. The molecule has 2 heterocycles. The minimum absolute atomic E-state index is 0.631. The number of nitrogens with zero attached hydrogens (tertiary/aromatic N) is 2. The van der Waals surface area contributed by atoms with Gasteiger partial charge in [0.05, 0.1) is 5.56 Å². The van der Waals surface area contributed by atoms with Crippen LogP contribution in [0.3, 0.4) is 0 Å². The maximum Gasteiger partial charge on any atom is 0.101 e. The SMILES string of the molecule is N#Cc1c[nH]c2ccc3c(c12)CC(N1CCNCC1)CC3. The molecule has 2 N–H and O–H groups in total. The third kappa shape index (κ3) is 2.14. The zero-order valence-corrected chi connectivity index (χ0v) is 12.2. The Hall–Kier alpha value is -1.83. The number of nitriles is 1. The second-order valence-corrected chi connectivity index (χ2v) is 6.12. The van der Waals surface area contributed by atoms with Crippen molar-refractivity contribution >= 4 is 10.9 Å². The van der Waals surface area contributed by atoms with E-state index in [1.807, 2.05) is 6.20 Å². The van der Waals surface area contributed by atoms with Gasteiger partial charge in [-0.25, -0.2) is 0 Å². The van der Waals surface area contributed by atoms with Crippen LogP contribution < -0.4 is 5.32 Å². The fourth-order valence-corrected chi connectivity index (χ4v) is 3.92. The molecule has 4 rings (SSSR count). The van der Waals surface area contributed by atoms with Gasteiger partial charge in [-0.3, -0.25) is 4.90 Å². The zero-order valence-electron chi connectivity index (χ0n) is 12.2. The van der Waals surface area contributed by atoms with Crippen LogP contribution in [0.25, 0.3) is 10.9 Å². The van der Waals surface area contributed by atoms with E-state index >= 15 is 0 Å². The molecule has 1 saturated heterocycles. The first-order valence-corrected chi connectivity index (χ1v) is 7.83. The van der Waals surface area contributed by atoms with Crippen LogP contribution in [-0.2, 0) is 12.8 Å². The van der Waals surface area contributed by atoms with E-state index in [4.69, 9.17) is 0 Å². The number of aromatic amines is 1. The lowest BCUT2D eigenvalue weighted by Gasteiger charge is -2.38. The second kappa shape index (κ2) is 5.18. The smallest absolute Gasteiger partial charge is 0.101 e. The van der Waals surface area contributed by atoms with Crippen molar-refractivity contribution in [3.05, 3.63) is 35.0 Å². The van der Waals surface area contributed by atoms with E-state index in [1.165, 1.54) is 17.5 Å². The number of rotatable bonds is 1. The molecular weight excluding hydrogens is 260 g/mol. The molecule has 0 saturated carbocycles. The molecule has 4 nitrogen and oxygen atoms in total. The Kier molecular flexibility index (Phi) is 3.17. The fraction of sp³-hybridized carbons (Fsp3) is 0.471. The molecule has 1 atom stereocenters. The topological polar surface area (TPSA) is 54.9 Å². The number of hydrogen-bond donors (Lipinski definition) is 2. The number of benzene rings is 1. The standard InChI is InChI=1S/C17H20N4/c18-10-13-11-20-16-4-2-12-1-3-14(9-15(12)17(13)16)21-7-5-19-6-8-21/h2,4,11,14,19-20H,1,3,5-9H2. The molecule has 1 aromatic heterocycles. The highest BCUT2D eigenvalue weighted by Crippen LogP contribution is 2.32. The van der Waals surface area contributed by atoms with Gasteiger partial charge in [-0.05, 0) is 36.5 Å². The molecule has 0 amide bonds. The molecule has 1 unspecified atom stereocenters. The monoisotopic (exact) mass is 280 g/mol. The van der Waals surface area contributed by atoms with Gasteiger partial charge in [0.15, 0.2) is 0 Å². The van der Waals surface area contributed by atoms with Crippen molar-refractivity contribution in [2.24, 2.45) is 0 Å². The first-order chi connectivity index (χ1) is 10.4. The number of fused-ring (bicyclic) bond motifs is 3. The largest absolute Gasteiger partial charge is 0.360 e. The summed E-state index contributed by atoms with van der Waals surface area (Å²) in [5.74, 6) is 0. The van der Waals surface area contributed by atoms with Gasteiger partial charge in [0, 0.05) is 49.3 Å². The third-order valence-corrected chi connectivity index (χ3v) is 5.03. The van der Waals surface area contributed by atoms with Crippen molar-refractivity contribution in [3.63, 3.8) is 0 Å². The second-order valence-electron chi connectivity index (χ2n) is 6.12. The van der Waals surface area contributed by atoms with Crippen molar-refractivity contribution in [1.29, 1.82) is 5.26 Å². The Morgan fingerprint density at radius 1 is 1.24 bits per heavy atom. The zero-order chi connectivity index (χ0) is 14.2. The van der Waals surface area contributed by atoms with Crippen molar-refractivity contribution in [1.82, 2.24) is 15.2 Å². The summed E-state index contributed by atoms with van der Waals surface area (Å²) in [4.78, 5) is 5.86. The predicted octanol–water partition coefficient (Wildman–Crippen LogP) is 1.80.